The van der Waals surface area contributed by atoms with Crippen molar-refractivity contribution in [3.63, 3.8) is 0 Å². The number of rotatable bonds is 4. The van der Waals surface area contributed by atoms with Crippen LogP contribution in [0.1, 0.15) is 46.3 Å². The number of amides is 1. The number of aryl methyl sites for hydroxylation is 2. The Bertz CT molecular complexity index is 721. The number of nitrogens with one attached hydrogen (secondary N) is 1. The van der Waals surface area contributed by atoms with Gasteiger partial charge in [-0.15, -0.1) is 0 Å². The molecule has 3 rings (SSSR count). The average molecular weight is 323 g/mol. The predicted molar refractivity (Wildman–Crippen MR) is 97.2 cm³/mol. The van der Waals surface area contributed by atoms with Gasteiger partial charge in [-0.25, -0.2) is 4.98 Å². The average Bonchev–Trinajstić information content (AvgIpc) is 2.61. The van der Waals surface area contributed by atoms with E-state index in [0.717, 1.165) is 25.9 Å². The van der Waals surface area contributed by atoms with Gasteiger partial charge in [0.1, 0.15) is 5.82 Å². The molecule has 0 atom stereocenters. The molecule has 1 aromatic carbocycles. The van der Waals surface area contributed by atoms with Crippen LogP contribution in [0.25, 0.3) is 0 Å². The fourth-order valence-corrected chi connectivity index (χ4v) is 3.21. The third-order valence-electron chi connectivity index (χ3n) is 4.63. The van der Waals surface area contributed by atoms with Crippen LogP contribution in [0.2, 0.25) is 0 Å². The SMILES string of the molecule is Cc1ccc(CNc2ncccc2C(=O)N2CCCCC2)c(C)c1. The molecule has 2 aromatic rings. The molecule has 126 valence electrons. The maximum Gasteiger partial charge on any atom is 0.257 e. The fourth-order valence-electron chi connectivity index (χ4n) is 3.21. The molecule has 0 aliphatic carbocycles. The molecule has 1 aliphatic rings. The van der Waals surface area contributed by atoms with E-state index in [1.54, 1.807) is 6.20 Å². The van der Waals surface area contributed by atoms with Gasteiger partial charge in [-0.3, -0.25) is 4.79 Å². The monoisotopic (exact) mass is 323 g/mol. The van der Waals surface area contributed by atoms with Crippen molar-refractivity contribution in [2.75, 3.05) is 18.4 Å². The molecular formula is C20H25N3O. The van der Waals surface area contributed by atoms with Crippen LogP contribution < -0.4 is 5.32 Å². The Hall–Kier alpha value is -2.36. The van der Waals surface area contributed by atoms with Crippen LogP contribution in [-0.4, -0.2) is 28.9 Å². The van der Waals surface area contributed by atoms with E-state index in [9.17, 15) is 4.79 Å². The molecule has 2 heterocycles. The first kappa shape index (κ1) is 16.5. The molecule has 0 unspecified atom stereocenters. The molecule has 1 aromatic heterocycles. The highest BCUT2D eigenvalue weighted by Crippen LogP contribution is 2.19. The number of likely N-dealkylation sites (tertiary alicyclic amines) is 1. The summed E-state index contributed by atoms with van der Waals surface area (Å²) in [5, 5.41) is 3.35. The molecular weight excluding hydrogens is 298 g/mol. The number of pyridine rings is 1. The normalized spacial score (nSPS) is 14.5. The maximum absolute atomic E-state index is 12.8. The number of aromatic nitrogens is 1. The zero-order valence-corrected chi connectivity index (χ0v) is 14.5. The minimum absolute atomic E-state index is 0.0888. The van der Waals surface area contributed by atoms with Crippen LogP contribution in [0.3, 0.4) is 0 Å². The van der Waals surface area contributed by atoms with E-state index in [1.165, 1.54) is 23.1 Å². The van der Waals surface area contributed by atoms with E-state index in [4.69, 9.17) is 0 Å². The van der Waals surface area contributed by atoms with Crippen LogP contribution >= 0.6 is 0 Å². The highest BCUT2D eigenvalue weighted by Gasteiger charge is 2.21. The van der Waals surface area contributed by atoms with E-state index in [-0.39, 0.29) is 5.91 Å². The summed E-state index contributed by atoms with van der Waals surface area (Å²) >= 11 is 0. The van der Waals surface area contributed by atoms with Crippen molar-refractivity contribution in [2.45, 2.75) is 39.7 Å². The van der Waals surface area contributed by atoms with Crippen LogP contribution in [0, 0.1) is 13.8 Å². The van der Waals surface area contributed by atoms with Gasteiger partial charge < -0.3 is 10.2 Å². The number of carbonyl (C=O) groups excluding carboxylic acids is 1. The van der Waals surface area contributed by atoms with Crippen LogP contribution in [0.4, 0.5) is 5.82 Å². The van der Waals surface area contributed by atoms with Gasteiger partial charge in [-0.2, -0.15) is 0 Å². The molecule has 0 saturated carbocycles. The molecule has 1 N–H and O–H groups in total. The predicted octanol–water partition coefficient (Wildman–Crippen LogP) is 3.94. The number of nitrogens with zero attached hydrogens (tertiary/aromatic N) is 2. The zero-order chi connectivity index (χ0) is 16.9. The summed E-state index contributed by atoms with van der Waals surface area (Å²) in [5.41, 5.74) is 4.41. The first-order chi connectivity index (χ1) is 11.6. The Morgan fingerprint density at radius 2 is 1.96 bits per heavy atom. The second-order valence-electron chi connectivity index (χ2n) is 6.54. The van der Waals surface area contributed by atoms with Gasteiger partial charge in [0, 0.05) is 25.8 Å². The van der Waals surface area contributed by atoms with Crippen LogP contribution in [-0.2, 0) is 6.54 Å². The minimum Gasteiger partial charge on any atom is -0.365 e. The molecule has 0 spiro atoms. The molecule has 4 nitrogen and oxygen atoms in total. The summed E-state index contributed by atoms with van der Waals surface area (Å²) in [5.74, 6) is 0.763. The van der Waals surface area contributed by atoms with Crippen molar-refractivity contribution in [3.05, 3.63) is 58.8 Å². The summed E-state index contributed by atoms with van der Waals surface area (Å²) in [6.07, 6.45) is 5.14. The lowest BCUT2D eigenvalue weighted by atomic mass is 10.1. The number of benzene rings is 1. The standard InChI is InChI=1S/C20H25N3O/c1-15-8-9-17(16(2)13-15)14-22-19-18(7-6-10-21-19)20(24)23-11-4-3-5-12-23/h6-10,13H,3-5,11-12,14H2,1-2H3,(H,21,22). The number of hydrogen-bond acceptors (Lipinski definition) is 3. The summed E-state index contributed by atoms with van der Waals surface area (Å²) in [7, 11) is 0. The lowest BCUT2D eigenvalue weighted by Gasteiger charge is -2.27. The Morgan fingerprint density at radius 3 is 2.71 bits per heavy atom. The third-order valence-corrected chi connectivity index (χ3v) is 4.63. The number of carbonyl (C=O) groups is 1. The molecule has 1 saturated heterocycles. The van der Waals surface area contributed by atoms with Crippen molar-refractivity contribution < 1.29 is 4.79 Å². The van der Waals surface area contributed by atoms with Gasteiger partial charge in [0.25, 0.3) is 5.91 Å². The van der Waals surface area contributed by atoms with Gasteiger partial charge in [0.15, 0.2) is 0 Å². The quantitative estimate of drug-likeness (QED) is 0.927. The van der Waals surface area contributed by atoms with Gasteiger partial charge in [0.05, 0.1) is 5.56 Å². The molecule has 1 amide bonds. The summed E-state index contributed by atoms with van der Waals surface area (Å²) in [4.78, 5) is 19.1. The van der Waals surface area contributed by atoms with Crippen molar-refractivity contribution in [3.8, 4) is 0 Å². The second-order valence-corrected chi connectivity index (χ2v) is 6.54. The summed E-state index contributed by atoms with van der Waals surface area (Å²) < 4.78 is 0. The largest absolute Gasteiger partial charge is 0.365 e. The van der Waals surface area contributed by atoms with Gasteiger partial charge in [-0.1, -0.05) is 23.8 Å². The highest BCUT2D eigenvalue weighted by atomic mass is 16.2. The van der Waals surface area contributed by atoms with Gasteiger partial charge in [0.2, 0.25) is 0 Å². The van der Waals surface area contributed by atoms with Crippen molar-refractivity contribution >= 4 is 11.7 Å². The molecule has 24 heavy (non-hydrogen) atoms. The third kappa shape index (κ3) is 3.75. The van der Waals surface area contributed by atoms with E-state index in [0.29, 0.717) is 17.9 Å². The molecule has 1 aliphatic heterocycles. The topological polar surface area (TPSA) is 45.2 Å². The minimum atomic E-state index is 0.0888. The van der Waals surface area contributed by atoms with Crippen LogP contribution in [0.5, 0.6) is 0 Å². The first-order valence-corrected chi connectivity index (χ1v) is 8.69. The Kier molecular flexibility index (Phi) is 5.14. The fraction of sp³-hybridized carbons (Fsp3) is 0.400. The first-order valence-electron chi connectivity index (χ1n) is 8.69. The maximum atomic E-state index is 12.8. The molecule has 1 fully saturated rings. The van der Waals surface area contributed by atoms with Crippen molar-refractivity contribution in [1.82, 2.24) is 9.88 Å². The Morgan fingerprint density at radius 1 is 1.17 bits per heavy atom. The number of hydrogen-bond donors (Lipinski definition) is 1. The molecule has 4 heteroatoms. The van der Waals surface area contributed by atoms with Gasteiger partial charge >= 0.3 is 0 Å². The van der Waals surface area contributed by atoms with Crippen molar-refractivity contribution in [1.29, 1.82) is 0 Å². The Balaban J connectivity index is 1.75. The highest BCUT2D eigenvalue weighted by molar-refractivity contribution is 5.98. The summed E-state index contributed by atoms with van der Waals surface area (Å²) in [6.45, 7) is 6.58. The Labute approximate surface area is 143 Å². The van der Waals surface area contributed by atoms with E-state index in [2.05, 4.69) is 42.3 Å². The lowest BCUT2D eigenvalue weighted by Crippen LogP contribution is -2.36. The molecule has 0 radical (unpaired) electrons. The number of anilines is 1. The van der Waals surface area contributed by atoms with Gasteiger partial charge in [-0.05, 0) is 56.4 Å². The van der Waals surface area contributed by atoms with E-state index in [1.807, 2.05) is 17.0 Å². The lowest BCUT2D eigenvalue weighted by molar-refractivity contribution is 0.0725. The van der Waals surface area contributed by atoms with E-state index < -0.39 is 0 Å². The zero-order valence-electron chi connectivity index (χ0n) is 14.5. The number of piperidine rings is 1. The summed E-state index contributed by atoms with van der Waals surface area (Å²) in [6, 6.07) is 10.1. The second kappa shape index (κ2) is 7.47. The molecule has 0 bridgehead atoms. The van der Waals surface area contributed by atoms with E-state index >= 15 is 0 Å². The van der Waals surface area contributed by atoms with Crippen molar-refractivity contribution in [2.24, 2.45) is 0 Å². The van der Waals surface area contributed by atoms with Crippen LogP contribution in [0.15, 0.2) is 36.5 Å². The smallest absolute Gasteiger partial charge is 0.257 e.